The van der Waals surface area contributed by atoms with Gasteiger partial charge in [-0.15, -0.1) is 24.8 Å². The normalized spacial score (nSPS) is 13.2. The molecule has 0 rings (SSSR count). The zero-order chi connectivity index (χ0) is 44.9. The molecule has 0 aliphatic carbocycles. The van der Waals surface area contributed by atoms with E-state index < -0.39 is 17.4 Å². The van der Waals surface area contributed by atoms with Gasteiger partial charge in [0.1, 0.15) is 11.2 Å². The van der Waals surface area contributed by atoms with Gasteiger partial charge in [0.25, 0.3) is 0 Å². The first kappa shape index (κ1) is 66.0. The maximum absolute atomic E-state index is 13.6. The molecule has 0 fully saturated rings. The maximum atomic E-state index is 13.6. The molecule has 0 aromatic heterocycles. The molecule has 0 saturated heterocycles. The van der Waals surface area contributed by atoms with Crippen LogP contribution in [0.3, 0.4) is 0 Å². The lowest BCUT2D eigenvalue weighted by molar-refractivity contribution is -0.0677. The number of ether oxygens (including phenoxy) is 2. The van der Waals surface area contributed by atoms with E-state index in [0.717, 1.165) is 25.7 Å². The summed E-state index contributed by atoms with van der Waals surface area (Å²) in [6.45, 7) is 39.0. The molecule has 7 nitrogen and oxygen atoms in total. The average molecular weight is 924 g/mol. The van der Waals surface area contributed by atoms with E-state index in [1.54, 1.807) is 0 Å². The fourth-order valence-corrected chi connectivity index (χ4v) is 8.65. The van der Waals surface area contributed by atoms with E-state index >= 15 is 0 Å². The molecule has 0 amide bonds. The molecule has 376 valence electrons. The molecule has 2 atom stereocenters. The number of rotatable bonds is 44. The Labute approximate surface area is 401 Å². The average Bonchev–Trinajstić information content (AvgIpc) is 3.21. The second-order valence-electron chi connectivity index (χ2n) is 19.9. The van der Waals surface area contributed by atoms with Gasteiger partial charge in [0.15, 0.2) is 0 Å². The second-order valence-corrected chi connectivity index (χ2v) is 19.9. The van der Waals surface area contributed by atoms with Gasteiger partial charge in [0.2, 0.25) is 0 Å². The van der Waals surface area contributed by atoms with Crippen molar-refractivity contribution in [2.75, 3.05) is 65.4 Å². The molecule has 9 heteroatoms. The van der Waals surface area contributed by atoms with Crippen molar-refractivity contribution in [1.29, 1.82) is 0 Å². The van der Waals surface area contributed by atoms with Gasteiger partial charge >= 0.3 is 6.16 Å². The standard InChI is InChI=1S/C53H110N4O3.2ClH/c1-13-21-39-54(40-22-14-2)43-31-29-33-49(56(45-25-17-5)46-26-18-6)35-37-52(9,10)59-51(58)60-53(11,12)38-36-50(57(47-27-19-7)48-28-20-8)34-30-32-44-55(41-23-15-3)42-24-16-4;;/h49-50H,13-48H2,1-12H3;2*1H. The number of unbranched alkanes of at least 4 members (excludes halogenated alkanes) is 10. The van der Waals surface area contributed by atoms with Crippen molar-refractivity contribution >= 4 is 31.0 Å². The Balaban J connectivity index is -0.0000174. The van der Waals surface area contributed by atoms with Crippen LogP contribution in [0.4, 0.5) is 4.79 Å². The number of hydrogen-bond donors (Lipinski definition) is 0. The summed E-state index contributed by atoms with van der Waals surface area (Å²) in [5, 5.41) is 0. The van der Waals surface area contributed by atoms with Gasteiger partial charge in [0, 0.05) is 12.1 Å². The van der Waals surface area contributed by atoms with E-state index in [4.69, 9.17) is 9.47 Å². The SMILES string of the molecule is CCCCN(CCCC)CCCCC(CCC(C)(C)OC(=O)OC(C)(C)CCC(CCCCN(CCCC)CCCC)N(CCCC)CCCC)N(CCCC)CCCC.Cl.Cl. The van der Waals surface area contributed by atoms with E-state index in [-0.39, 0.29) is 24.8 Å². The van der Waals surface area contributed by atoms with Crippen molar-refractivity contribution in [1.82, 2.24) is 19.6 Å². The Morgan fingerprint density at radius 1 is 0.371 bits per heavy atom. The summed E-state index contributed by atoms with van der Waals surface area (Å²) in [5.41, 5.74) is -1.16. The van der Waals surface area contributed by atoms with Crippen LogP contribution in [-0.4, -0.2) is 114 Å². The minimum atomic E-state index is -0.578. The van der Waals surface area contributed by atoms with Crippen LogP contribution in [0.15, 0.2) is 0 Å². The van der Waals surface area contributed by atoms with Crippen LogP contribution in [0.1, 0.15) is 250 Å². The van der Waals surface area contributed by atoms with Crippen molar-refractivity contribution in [3.05, 3.63) is 0 Å². The van der Waals surface area contributed by atoms with E-state index in [1.165, 1.54) is 207 Å². The smallest absolute Gasteiger partial charge is 0.428 e. The summed E-state index contributed by atoms with van der Waals surface area (Å²) in [7, 11) is 0. The lowest BCUT2D eigenvalue weighted by Gasteiger charge is -2.36. The molecule has 0 N–H and O–H groups in total. The summed E-state index contributed by atoms with van der Waals surface area (Å²) in [6.07, 6.45) is 31.0. The molecule has 0 aliphatic heterocycles. The summed E-state index contributed by atoms with van der Waals surface area (Å²) in [4.78, 5) is 24.6. The quantitative estimate of drug-likeness (QED) is 0.0446. The zero-order valence-corrected chi connectivity index (χ0v) is 45.6. The van der Waals surface area contributed by atoms with Gasteiger partial charge in [-0.25, -0.2) is 4.79 Å². The van der Waals surface area contributed by atoms with Crippen molar-refractivity contribution in [2.45, 2.75) is 273 Å². The second kappa shape index (κ2) is 43.3. The minimum absolute atomic E-state index is 0. The number of hydrogen-bond acceptors (Lipinski definition) is 7. The van der Waals surface area contributed by atoms with Crippen LogP contribution in [0.2, 0.25) is 0 Å². The molecule has 0 heterocycles. The number of carbonyl (C=O) groups is 1. The van der Waals surface area contributed by atoms with E-state index in [0.29, 0.717) is 12.1 Å². The molecule has 0 aromatic rings. The predicted octanol–water partition coefficient (Wildman–Crippen LogP) is 15.8. The van der Waals surface area contributed by atoms with Gasteiger partial charge in [-0.3, -0.25) is 0 Å². The first-order valence-electron chi connectivity index (χ1n) is 26.7. The lowest BCUT2D eigenvalue weighted by atomic mass is 9.94. The van der Waals surface area contributed by atoms with Gasteiger partial charge < -0.3 is 29.1 Å². The van der Waals surface area contributed by atoms with Crippen LogP contribution in [-0.2, 0) is 9.47 Å². The largest absolute Gasteiger partial charge is 0.509 e. The predicted molar refractivity (Wildman–Crippen MR) is 279 cm³/mol. The third kappa shape index (κ3) is 35.9. The Hall–Kier alpha value is -0.310. The van der Waals surface area contributed by atoms with Gasteiger partial charge in [-0.1, -0.05) is 120 Å². The van der Waals surface area contributed by atoms with Crippen molar-refractivity contribution in [3.63, 3.8) is 0 Å². The maximum Gasteiger partial charge on any atom is 0.509 e. The van der Waals surface area contributed by atoms with Gasteiger partial charge in [-0.05, 0) is 196 Å². The fourth-order valence-electron chi connectivity index (χ4n) is 8.65. The Bertz CT molecular complexity index is 854. The molecule has 0 aliphatic rings. The number of nitrogens with zero attached hydrogens (tertiary/aromatic N) is 4. The monoisotopic (exact) mass is 923 g/mol. The molecule has 2 unspecified atom stereocenters. The van der Waals surface area contributed by atoms with Gasteiger partial charge in [0.05, 0.1) is 0 Å². The van der Waals surface area contributed by atoms with Crippen molar-refractivity contribution in [2.24, 2.45) is 0 Å². The summed E-state index contributed by atoms with van der Waals surface area (Å²) >= 11 is 0. The summed E-state index contributed by atoms with van der Waals surface area (Å²) in [6, 6.07) is 1.04. The molecule has 0 aromatic carbocycles. The van der Waals surface area contributed by atoms with Crippen LogP contribution < -0.4 is 0 Å². The van der Waals surface area contributed by atoms with Crippen molar-refractivity contribution < 1.29 is 14.3 Å². The molecular formula is C53H112Cl2N4O3. The number of carbonyl (C=O) groups excluding carboxylic acids is 1. The van der Waals surface area contributed by atoms with Crippen LogP contribution in [0, 0.1) is 0 Å². The minimum Gasteiger partial charge on any atom is -0.428 e. The van der Waals surface area contributed by atoms with Crippen LogP contribution >= 0.6 is 24.8 Å². The highest BCUT2D eigenvalue weighted by Crippen LogP contribution is 2.28. The van der Waals surface area contributed by atoms with E-state index in [9.17, 15) is 4.79 Å². The third-order valence-corrected chi connectivity index (χ3v) is 12.9. The first-order valence-corrected chi connectivity index (χ1v) is 26.7. The number of halogens is 2. The summed E-state index contributed by atoms with van der Waals surface area (Å²) < 4.78 is 12.4. The van der Waals surface area contributed by atoms with Gasteiger partial charge in [-0.2, -0.15) is 0 Å². The molecule has 0 saturated carbocycles. The highest BCUT2D eigenvalue weighted by molar-refractivity contribution is 5.85. The molecule has 0 radical (unpaired) electrons. The summed E-state index contributed by atoms with van der Waals surface area (Å²) in [5.74, 6) is 0. The van der Waals surface area contributed by atoms with Crippen LogP contribution in [0.25, 0.3) is 0 Å². The molecule has 0 bridgehead atoms. The molecule has 0 spiro atoms. The molecular weight excluding hydrogens is 812 g/mol. The highest BCUT2D eigenvalue weighted by atomic mass is 35.5. The Kier molecular flexibility index (Phi) is 46.0. The van der Waals surface area contributed by atoms with E-state index in [2.05, 4.69) is 103 Å². The molecule has 62 heavy (non-hydrogen) atoms. The van der Waals surface area contributed by atoms with E-state index in [1.807, 2.05) is 0 Å². The zero-order valence-electron chi connectivity index (χ0n) is 43.9. The third-order valence-electron chi connectivity index (χ3n) is 12.9. The lowest BCUT2D eigenvalue weighted by Crippen LogP contribution is -2.41. The highest BCUT2D eigenvalue weighted by Gasteiger charge is 2.32. The fraction of sp³-hybridized carbons (Fsp3) is 0.981. The van der Waals surface area contributed by atoms with Crippen LogP contribution in [0.5, 0.6) is 0 Å². The van der Waals surface area contributed by atoms with Crippen molar-refractivity contribution in [3.8, 4) is 0 Å². The Morgan fingerprint density at radius 3 is 0.871 bits per heavy atom. The first-order chi connectivity index (χ1) is 28.8. The topological polar surface area (TPSA) is 48.5 Å². The Morgan fingerprint density at radius 2 is 0.613 bits per heavy atom.